The van der Waals surface area contributed by atoms with E-state index in [4.69, 9.17) is 27.6 Å². The standard InChI is InChI=1S/C21H12BrCl2NO3S/c22-13-3-1-2-12(8-13)11-25-20(26)19(29-21(25)27)10-15-5-7-18(28-15)16-6-4-14(23)9-17(16)24/h1-10H,11H2/b19-10+. The van der Waals surface area contributed by atoms with Crippen LogP contribution in [0.5, 0.6) is 0 Å². The van der Waals surface area contributed by atoms with Crippen LogP contribution in [0.4, 0.5) is 4.79 Å². The van der Waals surface area contributed by atoms with Gasteiger partial charge in [-0.3, -0.25) is 14.5 Å². The molecule has 1 aliphatic heterocycles. The molecule has 0 spiro atoms. The van der Waals surface area contributed by atoms with Crippen molar-refractivity contribution in [1.29, 1.82) is 0 Å². The number of amides is 2. The Bertz CT molecular complexity index is 1160. The minimum Gasteiger partial charge on any atom is -0.457 e. The Morgan fingerprint density at radius 2 is 1.90 bits per heavy atom. The molecule has 0 aliphatic carbocycles. The molecule has 29 heavy (non-hydrogen) atoms. The van der Waals surface area contributed by atoms with E-state index >= 15 is 0 Å². The van der Waals surface area contributed by atoms with Crippen molar-refractivity contribution < 1.29 is 14.0 Å². The topological polar surface area (TPSA) is 50.5 Å². The summed E-state index contributed by atoms with van der Waals surface area (Å²) in [5, 5.41) is 0.686. The Hall–Kier alpha value is -1.99. The molecule has 146 valence electrons. The maximum Gasteiger partial charge on any atom is 0.293 e. The molecule has 0 radical (unpaired) electrons. The first-order valence-electron chi connectivity index (χ1n) is 8.46. The smallest absolute Gasteiger partial charge is 0.293 e. The molecule has 1 saturated heterocycles. The van der Waals surface area contributed by atoms with E-state index in [0.717, 1.165) is 21.8 Å². The highest BCUT2D eigenvalue weighted by atomic mass is 79.9. The van der Waals surface area contributed by atoms with Crippen molar-refractivity contribution in [2.75, 3.05) is 0 Å². The summed E-state index contributed by atoms with van der Waals surface area (Å²) < 4.78 is 6.69. The molecule has 2 aromatic carbocycles. The van der Waals surface area contributed by atoms with Crippen LogP contribution in [0.2, 0.25) is 10.0 Å². The largest absolute Gasteiger partial charge is 0.457 e. The summed E-state index contributed by atoms with van der Waals surface area (Å²) in [5.41, 5.74) is 1.55. The molecule has 3 aromatic rings. The Labute approximate surface area is 189 Å². The Kier molecular flexibility index (Phi) is 5.88. The van der Waals surface area contributed by atoms with Gasteiger partial charge in [-0.15, -0.1) is 0 Å². The van der Waals surface area contributed by atoms with Crippen molar-refractivity contribution >= 4 is 68.1 Å². The van der Waals surface area contributed by atoms with Crippen LogP contribution in [0.15, 0.2) is 68.4 Å². The second-order valence-corrected chi connectivity index (χ2v) is 8.98. The molecule has 2 amide bonds. The van der Waals surface area contributed by atoms with Crippen LogP contribution in [0.3, 0.4) is 0 Å². The fourth-order valence-electron chi connectivity index (χ4n) is 2.85. The van der Waals surface area contributed by atoms with Gasteiger partial charge < -0.3 is 4.42 Å². The van der Waals surface area contributed by atoms with Crippen LogP contribution < -0.4 is 0 Å². The molecule has 2 heterocycles. The van der Waals surface area contributed by atoms with Gasteiger partial charge in [-0.25, -0.2) is 0 Å². The van der Waals surface area contributed by atoms with Crippen molar-refractivity contribution in [3.63, 3.8) is 0 Å². The van der Waals surface area contributed by atoms with E-state index in [9.17, 15) is 9.59 Å². The monoisotopic (exact) mass is 507 g/mol. The van der Waals surface area contributed by atoms with E-state index in [2.05, 4.69) is 15.9 Å². The zero-order valence-electron chi connectivity index (χ0n) is 14.7. The highest BCUT2D eigenvalue weighted by molar-refractivity contribution is 9.10. The molecule has 0 atom stereocenters. The number of carbonyl (C=O) groups is 2. The van der Waals surface area contributed by atoms with Gasteiger partial charge in [-0.05, 0) is 59.8 Å². The molecule has 0 unspecified atom stereocenters. The quantitative estimate of drug-likeness (QED) is 0.348. The van der Waals surface area contributed by atoms with Gasteiger partial charge in [-0.2, -0.15) is 0 Å². The summed E-state index contributed by atoms with van der Waals surface area (Å²) in [5.74, 6) is 0.660. The number of hydrogen-bond donors (Lipinski definition) is 0. The molecule has 1 aromatic heterocycles. The SMILES string of the molecule is O=C1S/C(=C/c2ccc(-c3ccc(Cl)cc3Cl)o2)C(=O)N1Cc1cccc(Br)c1. The predicted octanol–water partition coefficient (Wildman–Crippen LogP) is 7.25. The molecule has 4 nitrogen and oxygen atoms in total. The normalized spacial score (nSPS) is 15.6. The van der Waals surface area contributed by atoms with Crippen molar-refractivity contribution in [1.82, 2.24) is 4.90 Å². The summed E-state index contributed by atoms with van der Waals surface area (Å²) in [6, 6.07) is 16.1. The zero-order valence-corrected chi connectivity index (χ0v) is 18.6. The van der Waals surface area contributed by atoms with Crippen molar-refractivity contribution in [3.8, 4) is 11.3 Å². The molecule has 0 N–H and O–H groups in total. The van der Waals surface area contributed by atoms with Crippen LogP contribution in [-0.2, 0) is 11.3 Å². The van der Waals surface area contributed by atoms with Gasteiger partial charge in [0.1, 0.15) is 11.5 Å². The van der Waals surface area contributed by atoms with Gasteiger partial charge in [0, 0.05) is 21.1 Å². The number of halogens is 3. The van der Waals surface area contributed by atoms with Gasteiger partial charge in [0.05, 0.1) is 16.5 Å². The second kappa shape index (κ2) is 8.40. The molecule has 0 bridgehead atoms. The highest BCUT2D eigenvalue weighted by Crippen LogP contribution is 2.36. The average molecular weight is 509 g/mol. The number of thioether (sulfide) groups is 1. The van der Waals surface area contributed by atoms with Crippen molar-refractivity contribution in [2.45, 2.75) is 6.54 Å². The maximum absolute atomic E-state index is 12.7. The number of nitrogens with zero attached hydrogens (tertiary/aromatic N) is 1. The van der Waals surface area contributed by atoms with Gasteiger partial charge in [0.2, 0.25) is 0 Å². The number of hydrogen-bond acceptors (Lipinski definition) is 4. The molecule has 1 fully saturated rings. The molecular formula is C21H12BrCl2NO3S. The van der Waals surface area contributed by atoms with Crippen LogP contribution >= 0.6 is 50.9 Å². The predicted molar refractivity (Wildman–Crippen MR) is 120 cm³/mol. The van der Waals surface area contributed by atoms with E-state index in [1.807, 2.05) is 24.3 Å². The zero-order chi connectivity index (χ0) is 20.5. The van der Waals surface area contributed by atoms with Crippen LogP contribution in [-0.4, -0.2) is 16.0 Å². The van der Waals surface area contributed by atoms with Crippen LogP contribution in [0.1, 0.15) is 11.3 Å². The lowest BCUT2D eigenvalue weighted by Gasteiger charge is -2.12. The van der Waals surface area contributed by atoms with E-state index in [1.165, 1.54) is 4.90 Å². The lowest BCUT2D eigenvalue weighted by Crippen LogP contribution is -2.27. The van der Waals surface area contributed by atoms with Gasteiger partial charge in [-0.1, -0.05) is 51.3 Å². The third-order valence-electron chi connectivity index (χ3n) is 4.20. The molecule has 1 aliphatic rings. The van der Waals surface area contributed by atoms with Crippen molar-refractivity contribution in [2.24, 2.45) is 0 Å². The second-order valence-electron chi connectivity index (χ2n) is 6.22. The van der Waals surface area contributed by atoms with E-state index < -0.39 is 0 Å². The Morgan fingerprint density at radius 1 is 1.07 bits per heavy atom. The van der Waals surface area contributed by atoms with E-state index in [-0.39, 0.29) is 17.7 Å². The first-order valence-corrected chi connectivity index (χ1v) is 10.8. The molecule has 8 heteroatoms. The third-order valence-corrected chi connectivity index (χ3v) is 6.15. The Balaban J connectivity index is 1.55. The van der Waals surface area contributed by atoms with Crippen LogP contribution in [0, 0.1) is 0 Å². The van der Waals surface area contributed by atoms with Crippen LogP contribution in [0.25, 0.3) is 17.4 Å². The first-order chi connectivity index (χ1) is 13.9. The fourth-order valence-corrected chi connectivity index (χ4v) is 4.61. The van der Waals surface area contributed by atoms with Gasteiger partial charge in [0.25, 0.3) is 11.1 Å². The van der Waals surface area contributed by atoms with Gasteiger partial charge >= 0.3 is 0 Å². The first kappa shape index (κ1) is 20.3. The third kappa shape index (κ3) is 4.46. The molecule has 4 rings (SSSR count). The summed E-state index contributed by atoms with van der Waals surface area (Å²) >= 11 is 16.4. The number of furan rings is 1. The minimum atomic E-state index is -0.345. The van der Waals surface area contributed by atoms with Crippen molar-refractivity contribution in [3.05, 3.63) is 85.3 Å². The Morgan fingerprint density at radius 3 is 2.66 bits per heavy atom. The summed E-state index contributed by atoms with van der Waals surface area (Å²) in [6.45, 7) is 0.214. The van der Waals surface area contributed by atoms with Gasteiger partial charge in [0.15, 0.2) is 0 Å². The lowest BCUT2D eigenvalue weighted by atomic mass is 10.2. The number of carbonyl (C=O) groups excluding carboxylic acids is 2. The van der Waals surface area contributed by atoms with E-state index in [1.54, 1.807) is 36.4 Å². The number of benzene rings is 2. The number of rotatable bonds is 4. The minimum absolute atomic E-state index is 0.214. The average Bonchev–Trinajstić information content (AvgIpc) is 3.22. The summed E-state index contributed by atoms with van der Waals surface area (Å²) in [4.78, 5) is 26.6. The molecule has 0 saturated carbocycles. The lowest BCUT2D eigenvalue weighted by molar-refractivity contribution is -0.123. The number of imide groups is 1. The fraction of sp³-hybridized carbons (Fsp3) is 0.0476. The molecular weight excluding hydrogens is 497 g/mol. The maximum atomic E-state index is 12.7. The summed E-state index contributed by atoms with van der Waals surface area (Å²) in [7, 11) is 0. The van der Waals surface area contributed by atoms with E-state index in [0.29, 0.717) is 32.0 Å². The highest BCUT2D eigenvalue weighted by Gasteiger charge is 2.35. The summed E-state index contributed by atoms with van der Waals surface area (Å²) in [6.07, 6.45) is 1.57.